The predicted molar refractivity (Wildman–Crippen MR) is 122 cm³/mol. The lowest BCUT2D eigenvalue weighted by atomic mass is 10.0. The molecule has 0 aliphatic rings. The van der Waals surface area contributed by atoms with Gasteiger partial charge in [0.1, 0.15) is 11.6 Å². The van der Waals surface area contributed by atoms with Crippen LogP contribution in [0, 0.1) is 25.5 Å². The van der Waals surface area contributed by atoms with Gasteiger partial charge in [0, 0.05) is 47.3 Å². The first kappa shape index (κ1) is 23.5. The lowest BCUT2D eigenvalue weighted by molar-refractivity contribution is 0.150. The average molecular weight is 469 g/mol. The summed E-state index contributed by atoms with van der Waals surface area (Å²) in [6.45, 7) is 5.32. The fraction of sp³-hybridized carbons (Fsp3) is 0.231. The Labute approximate surface area is 194 Å². The Kier molecular flexibility index (Phi) is 6.41. The van der Waals surface area contributed by atoms with Gasteiger partial charge in [0.15, 0.2) is 0 Å². The third kappa shape index (κ3) is 4.66. The summed E-state index contributed by atoms with van der Waals surface area (Å²) in [4.78, 5) is 17.5. The van der Waals surface area contributed by atoms with Crippen molar-refractivity contribution >= 4 is 0 Å². The summed E-state index contributed by atoms with van der Waals surface area (Å²) in [7, 11) is 0. The molecule has 0 bridgehead atoms. The molecule has 4 rings (SSSR count). The van der Waals surface area contributed by atoms with Crippen LogP contribution < -0.4 is 5.56 Å². The van der Waals surface area contributed by atoms with Gasteiger partial charge in [0.2, 0.25) is 0 Å². The predicted octanol–water partition coefficient (Wildman–Crippen LogP) is 6.07. The van der Waals surface area contributed by atoms with Gasteiger partial charge in [-0.1, -0.05) is 18.2 Å². The van der Waals surface area contributed by atoms with Crippen LogP contribution in [0.2, 0.25) is 0 Å². The van der Waals surface area contributed by atoms with Gasteiger partial charge < -0.3 is 9.13 Å². The molecule has 0 aliphatic carbocycles. The first-order chi connectivity index (χ1) is 16.1. The van der Waals surface area contributed by atoms with Crippen molar-refractivity contribution in [3.8, 4) is 5.69 Å². The molecule has 0 aliphatic heterocycles. The Bertz CT molecular complexity index is 1410. The minimum absolute atomic E-state index is 0.0386. The van der Waals surface area contributed by atoms with E-state index >= 15 is 0 Å². The van der Waals surface area contributed by atoms with Crippen molar-refractivity contribution in [1.82, 2.24) is 14.1 Å². The minimum atomic E-state index is -2.82. The SMILES string of the molecule is Cc1cn(-c2ccc(Cc3cc(C(F)F)cn([C@@H](C)c4ccc(F)cc4F)c3=O)cc2C)cn1. The summed E-state index contributed by atoms with van der Waals surface area (Å²) in [5, 5.41) is 0. The third-order valence-corrected chi connectivity index (χ3v) is 5.87. The van der Waals surface area contributed by atoms with E-state index < -0.39 is 29.7 Å². The van der Waals surface area contributed by atoms with E-state index in [1.54, 1.807) is 6.33 Å². The topological polar surface area (TPSA) is 39.8 Å². The highest BCUT2D eigenvalue weighted by atomic mass is 19.3. The second-order valence-corrected chi connectivity index (χ2v) is 8.37. The molecule has 4 nitrogen and oxygen atoms in total. The summed E-state index contributed by atoms with van der Waals surface area (Å²) in [5.74, 6) is -1.60. The molecule has 0 saturated carbocycles. The zero-order valence-corrected chi connectivity index (χ0v) is 18.9. The summed E-state index contributed by atoms with van der Waals surface area (Å²) in [5.41, 5.74) is 2.85. The van der Waals surface area contributed by atoms with Crippen molar-refractivity contribution in [2.75, 3.05) is 0 Å². The fourth-order valence-electron chi connectivity index (χ4n) is 4.10. The fourth-order valence-corrected chi connectivity index (χ4v) is 4.10. The highest BCUT2D eigenvalue weighted by Crippen LogP contribution is 2.25. The van der Waals surface area contributed by atoms with Crippen molar-refractivity contribution in [3.05, 3.63) is 117 Å². The first-order valence-corrected chi connectivity index (χ1v) is 10.7. The molecular weight excluding hydrogens is 446 g/mol. The van der Waals surface area contributed by atoms with Crippen LogP contribution in [0.25, 0.3) is 5.69 Å². The van der Waals surface area contributed by atoms with Gasteiger partial charge in [-0.05, 0) is 50.1 Å². The molecule has 2 aromatic heterocycles. The molecule has 2 heterocycles. The molecule has 8 heteroatoms. The lowest BCUT2D eigenvalue weighted by Gasteiger charge is -2.19. The van der Waals surface area contributed by atoms with Crippen LogP contribution in [0.1, 0.15) is 52.9 Å². The molecule has 176 valence electrons. The van der Waals surface area contributed by atoms with Crippen LogP contribution in [-0.4, -0.2) is 14.1 Å². The Hall–Kier alpha value is -3.68. The number of aromatic nitrogens is 3. The number of hydrogen-bond donors (Lipinski definition) is 0. The number of pyridine rings is 1. The van der Waals surface area contributed by atoms with E-state index in [1.807, 2.05) is 42.8 Å². The molecular formula is C26H23F4N3O. The maximum Gasteiger partial charge on any atom is 0.265 e. The molecule has 0 N–H and O–H groups in total. The van der Waals surface area contributed by atoms with Crippen LogP contribution in [0.15, 0.2) is 66.0 Å². The van der Waals surface area contributed by atoms with Gasteiger partial charge in [0.25, 0.3) is 12.0 Å². The highest BCUT2D eigenvalue weighted by Gasteiger charge is 2.20. The number of hydrogen-bond acceptors (Lipinski definition) is 2. The van der Waals surface area contributed by atoms with Crippen molar-refractivity contribution in [2.24, 2.45) is 0 Å². The van der Waals surface area contributed by atoms with Crippen molar-refractivity contribution in [3.63, 3.8) is 0 Å². The average Bonchev–Trinajstić information content (AvgIpc) is 3.20. The summed E-state index contributed by atoms with van der Waals surface area (Å²) >= 11 is 0. The zero-order chi connectivity index (χ0) is 24.6. The summed E-state index contributed by atoms with van der Waals surface area (Å²) < 4.78 is 57.9. The maximum atomic E-state index is 14.3. The quantitative estimate of drug-likeness (QED) is 0.322. The number of halogens is 4. The van der Waals surface area contributed by atoms with Crippen molar-refractivity contribution in [1.29, 1.82) is 0 Å². The number of alkyl halides is 2. The molecule has 0 radical (unpaired) electrons. The van der Waals surface area contributed by atoms with Crippen LogP contribution in [0.5, 0.6) is 0 Å². The number of benzene rings is 2. The van der Waals surface area contributed by atoms with Crippen LogP contribution in [-0.2, 0) is 6.42 Å². The second-order valence-electron chi connectivity index (χ2n) is 8.37. The monoisotopic (exact) mass is 469 g/mol. The van der Waals surface area contributed by atoms with Crippen molar-refractivity contribution < 1.29 is 17.6 Å². The molecule has 4 aromatic rings. The smallest absolute Gasteiger partial charge is 0.265 e. The maximum absolute atomic E-state index is 14.3. The van der Waals surface area contributed by atoms with Gasteiger partial charge in [-0.3, -0.25) is 4.79 Å². The number of nitrogens with zero attached hydrogens (tertiary/aromatic N) is 3. The molecule has 34 heavy (non-hydrogen) atoms. The first-order valence-electron chi connectivity index (χ1n) is 10.7. The van der Waals surface area contributed by atoms with E-state index in [4.69, 9.17) is 0 Å². The van der Waals surface area contributed by atoms with E-state index in [1.165, 1.54) is 19.1 Å². The van der Waals surface area contributed by atoms with Gasteiger partial charge >= 0.3 is 0 Å². The molecule has 0 saturated heterocycles. The van der Waals surface area contributed by atoms with Gasteiger partial charge in [-0.15, -0.1) is 0 Å². The molecule has 0 spiro atoms. The molecule has 1 atom stereocenters. The van der Waals surface area contributed by atoms with Crippen LogP contribution in [0.4, 0.5) is 17.6 Å². The molecule has 2 aromatic carbocycles. The summed E-state index contributed by atoms with van der Waals surface area (Å²) in [6.07, 6.45) is 1.95. The van der Waals surface area contributed by atoms with E-state index in [-0.39, 0.29) is 23.1 Å². The van der Waals surface area contributed by atoms with E-state index in [2.05, 4.69) is 4.98 Å². The van der Waals surface area contributed by atoms with Gasteiger partial charge in [-0.25, -0.2) is 22.5 Å². The van der Waals surface area contributed by atoms with Crippen molar-refractivity contribution in [2.45, 2.75) is 39.7 Å². The summed E-state index contributed by atoms with van der Waals surface area (Å²) in [6, 6.07) is 8.91. The largest absolute Gasteiger partial charge is 0.307 e. The number of imidazole rings is 1. The third-order valence-electron chi connectivity index (χ3n) is 5.87. The Morgan fingerprint density at radius 3 is 2.38 bits per heavy atom. The minimum Gasteiger partial charge on any atom is -0.307 e. The second kappa shape index (κ2) is 9.29. The van der Waals surface area contributed by atoms with Crippen LogP contribution in [0.3, 0.4) is 0 Å². The van der Waals surface area contributed by atoms with Gasteiger partial charge in [0.05, 0.1) is 18.1 Å². The zero-order valence-electron chi connectivity index (χ0n) is 18.9. The Morgan fingerprint density at radius 2 is 1.76 bits per heavy atom. The standard InChI is InChI=1S/C26H23F4N3O/c1-15-8-18(4-7-24(15)32-12-16(2)31-14-32)9-19-10-20(25(29)30)13-33(26(19)34)17(3)22-6-5-21(27)11-23(22)28/h4-8,10-14,17,25H,9H2,1-3H3/t17-/m0/s1. The number of rotatable bonds is 6. The normalized spacial score (nSPS) is 12.4. The van der Waals surface area contributed by atoms with E-state index in [0.29, 0.717) is 6.07 Å². The van der Waals surface area contributed by atoms with E-state index in [0.717, 1.165) is 39.3 Å². The number of aryl methyl sites for hydroxylation is 2. The molecule has 0 fully saturated rings. The molecule has 0 unspecified atom stereocenters. The lowest BCUT2D eigenvalue weighted by Crippen LogP contribution is -2.28. The highest BCUT2D eigenvalue weighted by molar-refractivity contribution is 5.44. The molecule has 0 amide bonds. The van der Waals surface area contributed by atoms with E-state index in [9.17, 15) is 22.4 Å². The Morgan fingerprint density at radius 1 is 1.00 bits per heavy atom. The Balaban J connectivity index is 1.73. The van der Waals surface area contributed by atoms with Crippen LogP contribution >= 0.6 is 0 Å². The van der Waals surface area contributed by atoms with Gasteiger partial charge in [-0.2, -0.15) is 0 Å².